The number of rotatable bonds is 7. The van der Waals surface area contributed by atoms with Gasteiger partial charge in [-0.05, 0) is 55.8 Å². The van der Waals surface area contributed by atoms with E-state index in [2.05, 4.69) is 21.7 Å². The van der Waals surface area contributed by atoms with Crippen LogP contribution in [0, 0.1) is 0 Å². The molecule has 0 bridgehead atoms. The van der Waals surface area contributed by atoms with Crippen LogP contribution in [-0.2, 0) is 11.2 Å². The number of benzene rings is 2. The molecule has 2 heterocycles. The maximum atomic E-state index is 12.5. The minimum absolute atomic E-state index is 0.0399. The molecule has 2 N–H and O–H groups in total. The summed E-state index contributed by atoms with van der Waals surface area (Å²) in [6.07, 6.45) is 2.42. The molecule has 0 saturated heterocycles. The zero-order valence-electron chi connectivity index (χ0n) is 16.4. The lowest BCUT2D eigenvalue weighted by Gasteiger charge is -2.18. The minimum atomic E-state index is -0.350. The fourth-order valence-electron chi connectivity index (χ4n) is 3.20. The summed E-state index contributed by atoms with van der Waals surface area (Å²) in [5.41, 5.74) is 2.99. The van der Waals surface area contributed by atoms with E-state index in [4.69, 9.17) is 4.42 Å². The first-order valence-electron chi connectivity index (χ1n) is 9.62. The van der Waals surface area contributed by atoms with Crippen molar-refractivity contribution >= 4 is 33.1 Å². The Labute approximate surface area is 173 Å². The number of furan rings is 1. The van der Waals surface area contributed by atoms with E-state index >= 15 is 0 Å². The van der Waals surface area contributed by atoms with Crippen molar-refractivity contribution in [2.75, 3.05) is 5.32 Å². The second-order valence-electron chi connectivity index (χ2n) is 7.06. The maximum absolute atomic E-state index is 12.5. The van der Waals surface area contributed by atoms with Gasteiger partial charge in [-0.3, -0.25) is 10.1 Å². The van der Waals surface area contributed by atoms with Crippen LogP contribution in [0.2, 0.25) is 0 Å². The molecule has 0 aliphatic heterocycles. The molecule has 4 aromatic rings. The third-order valence-electron chi connectivity index (χ3n) is 4.78. The van der Waals surface area contributed by atoms with Crippen molar-refractivity contribution in [2.45, 2.75) is 32.4 Å². The van der Waals surface area contributed by atoms with E-state index in [9.17, 15) is 4.79 Å². The van der Waals surface area contributed by atoms with Gasteiger partial charge in [0, 0.05) is 12.1 Å². The van der Waals surface area contributed by atoms with Crippen molar-refractivity contribution in [3.63, 3.8) is 0 Å². The molecule has 0 radical (unpaired) electrons. The number of anilines is 1. The molecule has 2 aromatic carbocycles. The molecule has 4 rings (SSSR count). The average Bonchev–Trinajstić information content (AvgIpc) is 3.39. The number of hydrogen-bond donors (Lipinski definition) is 2. The van der Waals surface area contributed by atoms with E-state index in [1.165, 1.54) is 10.3 Å². The van der Waals surface area contributed by atoms with Crippen LogP contribution in [0.25, 0.3) is 10.2 Å². The minimum Gasteiger partial charge on any atom is -0.468 e. The summed E-state index contributed by atoms with van der Waals surface area (Å²) >= 11 is 1.72. The van der Waals surface area contributed by atoms with Crippen molar-refractivity contribution in [3.05, 3.63) is 83.3 Å². The van der Waals surface area contributed by atoms with Gasteiger partial charge in [0.05, 0.1) is 33.6 Å². The van der Waals surface area contributed by atoms with Crippen molar-refractivity contribution in [2.24, 2.45) is 0 Å². The number of thiazole rings is 1. The molecule has 0 unspecified atom stereocenters. The predicted molar refractivity (Wildman–Crippen MR) is 117 cm³/mol. The molecule has 5 nitrogen and oxygen atoms in total. The molecule has 29 heavy (non-hydrogen) atoms. The summed E-state index contributed by atoms with van der Waals surface area (Å²) in [5.74, 6) is 0.728. The lowest BCUT2D eigenvalue weighted by molar-refractivity contribution is -0.118. The number of carbonyl (C=O) groups excluding carboxylic acids is 1. The van der Waals surface area contributed by atoms with Gasteiger partial charge < -0.3 is 9.73 Å². The highest BCUT2D eigenvalue weighted by atomic mass is 32.1. The Morgan fingerprint density at radius 1 is 1.07 bits per heavy atom. The third kappa shape index (κ3) is 4.72. The van der Waals surface area contributed by atoms with Gasteiger partial charge in [0.15, 0.2) is 0 Å². The molecule has 0 aliphatic rings. The zero-order valence-corrected chi connectivity index (χ0v) is 17.2. The number of carbonyl (C=O) groups is 1. The number of aromatic nitrogens is 1. The quantitative estimate of drug-likeness (QED) is 0.446. The summed E-state index contributed by atoms with van der Waals surface area (Å²) < 4.78 is 6.58. The second kappa shape index (κ2) is 8.59. The smallest absolute Gasteiger partial charge is 0.241 e. The standard InChI is InChI=1S/C23H23N3O2S/c1-15(20-7-5-13-28-20)24-16(2)23(27)25-18-11-9-17(10-12-18)14-22-26-19-6-3-4-8-21(19)29-22/h3-13,15-16,24H,14H2,1-2H3,(H,25,27)/t15-,16-/m0/s1. The second-order valence-corrected chi connectivity index (χ2v) is 8.18. The Hall–Kier alpha value is -2.96. The molecular formula is C23H23N3O2S. The highest BCUT2D eigenvalue weighted by molar-refractivity contribution is 7.18. The highest BCUT2D eigenvalue weighted by Crippen LogP contribution is 2.24. The SMILES string of the molecule is C[C@H](N[C@@H](C)c1ccco1)C(=O)Nc1ccc(Cc2nc3ccccc3s2)cc1. The van der Waals surface area contributed by atoms with Gasteiger partial charge in [-0.2, -0.15) is 0 Å². The van der Waals surface area contributed by atoms with Crippen LogP contribution in [0.1, 0.15) is 36.2 Å². The molecule has 2 aromatic heterocycles. The lowest BCUT2D eigenvalue weighted by Crippen LogP contribution is -2.39. The van der Waals surface area contributed by atoms with Crippen molar-refractivity contribution < 1.29 is 9.21 Å². The normalized spacial score (nSPS) is 13.3. The Kier molecular flexibility index (Phi) is 5.74. The van der Waals surface area contributed by atoms with Crippen LogP contribution < -0.4 is 10.6 Å². The first-order valence-corrected chi connectivity index (χ1v) is 10.4. The van der Waals surface area contributed by atoms with Crippen LogP contribution in [-0.4, -0.2) is 16.9 Å². The van der Waals surface area contributed by atoms with Crippen molar-refractivity contribution in [1.29, 1.82) is 0 Å². The van der Waals surface area contributed by atoms with E-state index < -0.39 is 0 Å². The number of nitrogens with one attached hydrogen (secondary N) is 2. The summed E-state index contributed by atoms with van der Waals surface area (Å²) in [6.45, 7) is 3.82. The van der Waals surface area contributed by atoms with Crippen molar-refractivity contribution in [3.8, 4) is 0 Å². The number of fused-ring (bicyclic) bond motifs is 1. The maximum Gasteiger partial charge on any atom is 0.241 e. The number of nitrogens with zero attached hydrogens (tertiary/aromatic N) is 1. The molecule has 2 atom stereocenters. The van der Waals surface area contributed by atoms with Gasteiger partial charge in [-0.15, -0.1) is 11.3 Å². The Balaban J connectivity index is 1.34. The Morgan fingerprint density at radius 3 is 2.59 bits per heavy atom. The van der Waals surface area contributed by atoms with Gasteiger partial charge in [-0.25, -0.2) is 4.98 Å². The van der Waals surface area contributed by atoms with E-state index in [-0.39, 0.29) is 18.0 Å². The molecule has 6 heteroatoms. The van der Waals surface area contributed by atoms with Crippen molar-refractivity contribution in [1.82, 2.24) is 10.3 Å². The van der Waals surface area contributed by atoms with Gasteiger partial charge in [0.2, 0.25) is 5.91 Å². The average molecular weight is 406 g/mol. The highest BCUT2D eigenvalue weighted by Gasteiger charge is 2.17. The molecule has 148 valence electrons. The van der Waals surface area contributed by atoms with Gasteiger partial charge in [-0.1, -0.05) is 24.3 Å². The van der Waals surface area contributed by atoms with E-state index in [1.54, 1.807) is 17.6 Å². The zero-order chi connectivity index (χ0) is 20.2. The van der Waals surface area contributed by atoms with Crippen LogP contribution in [0.15, 0.2) is 71.3 Å². The molecule has 0 saturated carbocycles. The fraction of sp³-hybridized carbons (Fsp3) is 0.217. The van der Waals surface area contributed by atoms with Crippen LogP contribution >= 0.6 is 11.3 Å². The number of hydrogen-bond acceptors (Lipinski definition) is 5. The van der Waals surface area contributed by atoms with E-state index in [0.29, 0.717) is 0 Å². The van der Waals surface area contributed by atoms with Crippen LogP contribution in [0.4, 0.5) is 5.69 Å². The summed E-state index contributed by atoms with van der Waals surface area (Å²) in [7, 11) is 0. The van der Waals surface area contributed by atoms with Crippen LogP contribution in [0.5, 0.6) is 0 Å². The Bertz CT molecular complexity index is 1050. The summed E-state index contributed by atoms with van der Waals surface area (Å²) in [5, 5.41) is 7.30. The first kappa shape index (κ1) is 19.4. The largest absolute Gasteiger partial charge is 0.468 e. The fourth-order valence-corrected chi connectivity index (χ4v) is 4.20. The van der Waals surface area contributed by atoms with E-state index in [0.717, 1.165) is 28.4 Å². The van der Waals surface area contributed by atoms with E-state index in [1.807, 2.05) is 68.4 Å². The molecule has 0 spiro atoms. The Morgan fingerprint density at radius 2 is 1.86 bits per heavy atom. The van der Waals surface area contributed by atoms with Gasteiger partial charge in [0.25, 0.3) is 0 Å². The first-order chi connectivity index (χ1) is 14.1. The molecule has 0 fully saturated rings. The van der Waals surface area contributed by atoms with Gasteiger partial charge >= 0.3 is 0 Å². The van der Waals surface area contributed by atoms with Gasteiger partial charge in [0.1, 0.15) is 5.76 Å². The third-order valence-corrected chi connectivity index (χ3v) is 5.81. The molecule has 1 amide bonds. The predicted octanol–water partition coefficient (Wildman–Crippen LogP) is 5.16. The summed E-state index contributed by atoms with van der Waals surface area (Å²) in [6, 6.07) is 19.5. The van der Waals surface area contributed by atoms with Crippen LogP contribution in [0.3, 0.4) is 0 Å². The molecule has 0 aliphatic carbocycles. The number of amides is 1. The topological polar surface area (TPSA) is 67.2 Å². The summed E-state index contributed by atoms with van der Waals surface area (Å²) in [4.78, 5) is 17.2. The monoisotopic (exact) mass is 405 g/mol. The lowest BCUT2D eigenvalue weighted by atomic mass is 10.1. The number of para-hydroxylation sites is 1. The molecular weight excluding hydrogens is 382 g/mol.